The predicted octanol–water partition coefficient (Wildman–Crippen LogP) is 4.64. The molecule has 21 heavy (non-hydrogen) atoms. The molecule has 0 fully saturated rings. The first-order valence-corrected chi connectivity index (χ1v) is 7.11. The van der Waals surface area contributed by atoms with Crippen molar-refractivity contribution < 1.29 is 13.2 Å². The van der Waals surface area contributed by atoms with E-state index in [0.29, 0.717) is 12.6 Å². The summed E-state index contributed by atoms with van der Waals surface area (Å²) < 4.78 is 40.0. The minimum Gasteiger partial charge on any atom is -0.382 e. The van der Waals surface area contributed by atoms with Crippen molar-refractivity contribution >= 4 is 5.69 Å². The van der Waals surface area contributed by atoms with Gasteiger partial charge in [-0.05, 0) is 30.4 Å². The molecule has 1 atom stereocenters. The smallest absolute Gasteiger partial charge is 0.182 e. The maximum atomic E-state index is 13.6. The standard InChI is InChI=1S/C17H16F3N/c18-13-8-15(19)17(20)16(9-13)21-10-12-6-3-5-11-4-1-2-7-14(11)12/h1-2,4,7-9,12,21H,3,5-6,10H2. The highest BCUT2D eigenvalue weighted by atomic mass is 19.2. The number of rotatable bonds is 3. The highest BCUT2D eigenvalue weighted by Crippen LogP contribution is 2.32. The van der Waals surface area contributed by atoms with E-state index in [4.69, 9.17) is 0 Å². The van der Waals surface area contributed by atoms with Gasteiger partial charge in [-0.3, -0.25) is 0 Å². The van der Waals surface area contributed by atoms with E-state index in [0.717, 1.165) is 25.3 Å². The molecule has 0 saturated heterocycles. The summed E-state index contributed by atoms with van der Waals surface area (Å²) >= 11 is 0. The molecule has 0 bridgehead atoms. The summed E-state index contributed by atoms with van der Waals surface area (Å²) in [4.78, 5) is 0. The van der Waals surface area contributed by atoms with E-state index in [-0.39, 0.29) is 11.6 Å². The Morgan fingerprint density at radius 1 is 1.10 bits per heavy atom. The Bertz CT molecular complexity index is 654. The Labute approximate surface area is 121 Å². The number of nitrogens with one attached hydrogen (secondary N) is 1. The molecular formula is C17H16F3N. The summed E-state index contributed by atoms with van der Waals surface area (Å²) in [5.41, 5.74) is 2.44. The van der Waals surface area contributed by atoms with Crippen LogP contribution in [0.4, 0.5) is 18.9 Å². The number of aryl methyl sites for hydroxylation is 1. The van der Waals surface area contributed by atoms with Crippen LogP contribution in [0.5, 0.6) is 0 Å². The molecule has 0 amide bonds. The van der Waals surface area contributed by atoms with Crippen molar-refractivity contribution in [1.82, 2.24) is 0 Å². The molecule has 2 aromatic rings. The van der Waals surface area contributed by atoms with Crippen molar-refractivity contribution in [3.8, 4) is 0 Å². The van der Waals surface area contributed by atoms with Gasteiger partial charge in [0.15, 0.2) is 11.6 Å². The Balaban J connectivity index is 1.78. The molecule has 0 spiro atoms. The highest BCUT2D eigenvalue weighted by molar-refractivity contribution is 5.46. The highest BCUT2D eigenvalue weighted by Gasteiger charge is 2.20. The second-order valence-electron chi connectivity index (χ2n) is 5.42. The minimum atomic E-state index is -1.17. The Hall–Kier alpha value is -1.97. The molecule has 0 aliphatic heterocycles. The lowest BCUT2D eigenvalue weighted by Crippen LogP contribution is -2.18. The normalized spacial score (nSPS) is 17.4. The van der Waals surface area contributed by atoms with Gasteiger partial charge >= 0.3 is 0 Å². The maximum Gasteiger partial charge on any atom is 0.182 e. The predicted molar refractivity (Wildman–Crippen MR) is 76.9 cm³/mol. The lowest BCUT2D eigenvalue weighted by Gasteiger charge is -2.26. The van der Waals surface area contributed by atoms with Crippen molar-refractivity contribution in [3.63, 3.8) is 0 Å². The van der Waals surface area contributed by atoms with Crippen molar-refractivity contribution in [2.75, 3.05) is 11.9 Å². The third-order valence-electron chi connectivity index (χ3n) is 4.03. The molecule has 0 saturated carbocycles. The number of halogens is 3. The van der Waals surface area contributed by atoms with E-state index >= 15 is 0 Å². The number of fused-ring (bicyclic) bond motifs is 1. The first-order valence-electron chi connectivity index (χ1n) is 7.11. The van der Waals surface area contributed by atoms with E-state index < -0.39 is 17.5 Å². The third kappa shape index (κ3) is 2.89. The molecule has 2 aromatic carbocycles. The van der Waals surface area contributed by atoms with Crippen LogP contribution in [0.2, 0.25) is 0 Å². The van der Waals surface area contributed by atoms with E-state index in [2.05, 4.69) is 17.4 Å². The van der Waals surface area contributed by atoms with Gasteiger partial charge in [0.2, 0.25) is 0 Å². The SMILES string of the molecule is Fc1cc(F)c(F)c(NCC2CCCc3ccccc32)c1. The van der Waals surface area contributed by atoms with Crippen molar-refractivity contribution in [3.05, 3.63) is 65.0 Å². The van der Waals surface area contributed by atoms with Crippen LogP contribution < -0.4 is 5.32 Å². The van der Waals surface area contributed by atoms with Crippen molar-refractivity contribution in [2.45, 2.75) is 25.2 Å². The fraction of sp³-hybridized carbons (Fsp3) is 0.294. The second kappa shape index (κ2) is 5.80. The molecule has 0 heterocycles. The Morgan fingerprint density at radius 2 is 1.90 bits per heavy atom. The molecule has 3 rings (SSSR count). The van der Waals surface area contributed by atoms with Gasteiger partial charge in [-0.1, -0.05) is 24.3 Å². The van der Waals surface area contributed by atoms with E-state index in [1.807, 2.05) is 12.1 Å². The summed E-state index contributed by atoms with van der Waals surface area (Å²) in [5, 5.41) is 2.85. The quantitative estimate of drug-likeness (QED) is 0.813. The number of hydrogen-bond acceptors (Lipinski definition) is 1. The fourth-order valence-corrected chi connectivity index (χ4v) is 2.98. The average molecular weight is 291 g/mol. The molecule has 110 valence electrons. The number of hydrogen-bond donors (Lipinski definition) is 1. The summed E-state index contributed by atoms with van der Waals surface area (Å²) in [5.74, 6) is -2.73. The summed E-state index contributed by atoms with van der Waals surface area (Å²) in [6, 6.07) is 9.71. The fourth-order valence-electron chi connectivity index (χ4n) is 2.98. The zero-order valence-corrected chi connectivity index (χ0v) is 11.5. The van der Waals surface area contributed by atoms with Crippen LogP contribution in [0.25, 0.3) is 0 Å². The first-order chi connectivity index (χ1) is 10.1. The average Bonchev–Trinajstić information content (AvgIpc) is 2.49. The van der Waals surface area contributed by atoms with Gasteiger partial charge in [0.05, 0.1) is 5.69 Å². The molecular weight excluding hydrogens is 275 g/mol. The van der Waals surface area contributed by atoms with Crippen LogP contribution in [0.15, 0.2) is 36.4 Å². The summed E-state index contributed by atoms with van der Waals surface area (Å²) in [7, 11) is 0. The summed E-state index contributed by atoms with van der Waals surface area (Å²) in [6.07, 6.45) is 3.11. The monoisotopic (exact) mass is 291 g/mol. The topological polar surface area (TPSA) is 12.0 Å². The van der Waals surface area contributed by atoms with Crippen molar-refractivity contribution in [1.29, 1.82) is 0 Å². The lowest BCUT2D eigenvalue weighted by atomic mass is 9.83. The second-order valence-corrected chi connectivity index (χ2v) is 5.42. The molecule has 1 unspecified atom stereocenters. The van der Waals surface area contributed by atoms with E-state index in [1.165, 1.54) is 11.1 Å². The van der Waals surface area contributed by atoms with Gasteiger partial charge in [0, 0.05) is 24.6 Å². The molecule has 1 aliphatic rings. The van der Waals surface area contributed by atoms with Gasteiger partial charge < -0.3 is 5.32 Å². The zero-order chi connectivity index (χ0) is 14.8. The van der Waals surface area contributed by atoms with Gasteiger partial charge in [0.1, 0.15) is 5.82 Å². The number of anilines is 1. The van der Waals surface area contributed by atoms with Crippen LogP contribution in [0.3, 0.4) is 0 Å². The van der Waals surface area contributed by atoms with Crippen LogP contribution in [0, 0.1) is 17.5 Å². The molecule has 1 N–H and O–H groups in total. The van der Waals surface area contributed by atoms with Crippen LogP contribution in [-0.2, 0) is 6.42 Å². The van der Waals surface area contributed by atoms with Crippen LogP contribution in [-0.4, -0.2) is 6.54 Å². The molecule has 0 radical (unpaired) electrons. The molecule has 1 aliphatic carbocycles. The van der Waals surface area contributed by atoms with Gasteiger partial charge in [-0.15, -0.1) is 0 Å². The largest absolute Gasteiger partial charge is 0.382 e. The minimum absolute atomic E-state index is 0.115. The maximum absolute atomic E-state index is 13.6. The first kappa shape index (κ1) is 14.0. The van der Waals surface area contributed by atoms with E-state index in [1.54, 1.807) is 0 Å². The van der Waals surface area contributed by atoms with E-state index in [9.17, 15) is 13.2 Å². The Morgan fingerprint density at radius 3 is 2.76 bits per heavy atom. The zero-order valence-electron chi connectivity index (χ0n) is 11.5. The molecule has 0 aromatic heterocycles. The van der Waals surface area contributed by atoms with Gasteiger partial charge in [-0.25, -0.2) is 13.2 Å². The number of benzene rings is 2. The molecule has 4 heteroatoms. The van der Waals surface area contributed by atoms with Crippen LogP contribution >= 0.6 is 0 Å². The lowest BCUT2D eigenvalue weighted by molar-refractivity contribution is 0.496. The molecule has 1 nitrogen and oxygen atoms in total. The van der Waals surface area contributed by atoms with Gasteiger partial charge in [-0.2, -0.15) is 0 Å². The third-order valence-corrected chi connectivity index (χ3v) is 4.03. The van der Waals surface area contributed by atoms with Crippen LogP contribution in [0.1, 0.15) is 29.9 Å². The van der Waals surface area contributed by atoms with Crippen molar-refractivity contribution in [2.24, 2.45) is 0 Å². The summed E-state index contributed by atoms with van der Waals surface area (Å²) in [6.45, 7) is 0.469. The Kier molecular flexibility index (Phi) is 3.86. The van der Waals surface area contributed by atoms with Gasteiger partial charge in [0.25, 0.3) is 0 Å².